The monoisotopic (exact) mass is 289 g/mol. The van der Waals surface area contributed by atoms with E-state index < -0.39 is 0 Å². The van der Waals surface area contributed by atoms with E-state index in [1.54, 1.807) is 12.4 Å². The van der Waals surface area contributed by atoms with Gasteiger partial charge in [-0.2, -0.15) is 0 Å². The van der Waals surface area contributed by atoms with Gasteiger partial charge in [-0.1, -0.05) is 12.8 Å². The van der Waals surface area contributed by atoms with Gasteiger partial charge in [0.25, 0.3) is 5.91 Å². The minimum atomic E-state index is -0.0966. The molecular weight excluding hydrogens is 266 g/mol. The number of hydrogen-bond acceptors (Lipinski definition) is 4. The van der Waals surface area contributed by atoms with E-state index in [9.17, 15) is 9.90 Å². The second-order valence-corrected chi connectivity index (χ2v) is 6.65. The molecule has 21 heavy (non-hydrogen) atoms. The molecule has 3 rings (SSSR count). The average molecular weight is 289 g/mol. The highest BCUT2D eigenvalue weighted by Crippen LogP contribution is 2.44. The number of carbonyl (C=O) groups excluding carboxylic acids is 1. The molecule has 1 N–H and O–H groups in total. The minimum absolute atomic E-state index is 0.0108. The van der Waals surface area contributed by atoms with Crippen molar-refractivity contribution in [3.05, 3.63) is 23.8 Å². The minimum Gasteiger partial charge on any atom is -0.396 e. The Morgan fingerprint density at radius 2 is 2.14 bits per heavy atom. The summed E-state index contributed by atoms with van der Waals surface area (Å²) < 4.78 is 0. The fourth-order valence-corrected chi connectivity index (χ4v) is 3.36. The Bertz CT molecular complexity index is 513. The lowest BCUT2D eigenvalue weighted by Crippen LogP contribution is -2.48. The maximum Gasteiger partial charge on any atom is 0.257 e. The molecular formula is C16H23N3O2. The number of carbonyl (C=O) groups is 1. The molecule has 1 aliphatic heterocycles. The number of aliphatic hydroxyl groups is 1. The molecule has 1 saturated heterocycles. The molecule has 2 aliphatic rings. The van der Waals surface area contributed by atoms with Gasteiger partial charge in [0.1, 0.15) is 5.82 Å². The first-order chi connectivity index (χ1) is 10.1. The summed E-state index contributed by atoms with van der Waals surface area (Å²) in [6.45, 7) is 3.41. The van der Waals surface area contributed by atoms with Crippen LogP contribution in [0.15, 0.2) is 12.4 Å². The fraction of sp³-hybridized carbons (Fsp3) is 0.688. The van der Waals surface area contributed by atoms with Crippen molar-refractivity contribution in [1.82, 2.24) is 14.9 Å². The van der Waals surface area contributed by atoms with Crippen LogP contribution in [0.5, 0.6) is 0 Å². The van der Waals surface area contributed by atoms with Gasteiger partial charge in [0.05, 0.1) is 12.2 Å². The smallest absolute Gasteiger partial charge is 0.257 e. The predicted octanol–water partition coefficient (Wildman–Crippen LogP) is 1.80. The standard InChI is InChI=1S/C16H23N3O2/c1-12-17-8-14(9-18-12)15(21)19-6-2-5-16(10-19,11-20)7-13-3-4-13/h8-9,13,20H,2-7,10-11H2,1H3. The maximum absolute atomic E-state index is 12.6. The normalized spacial score (nSPS) is 25.9. The van der Waals surface area contributed by atoms with Gasteiger partial charge in [0.15, 0.2) is 0 Å². The molecule has 5 nitrogen and oxygen atoms in total. The summed E-state index contributed by atoms with van der Waals surface area (Å²) in [5.41, 5.74) is 0.446. The van der Waals surface area contributed by atoms with Crippen molar-refractivity contribution in [2.45, 2.75) is 39.0 Å². The van der Waals surface area contributed by atoms with Crippen molar-refractivity contribution in [2.75, 3.05) is 19.7 Å². The first kappa shape index (κ1) is 14.4. The lowest BCUT2D eigenvalue weighted by Gasteiger charge is -2.42. The van der Waals surface area contributed by atoms with Gasteiger partial charge in [-0.25, -0.2) is 9.97 Å². The molecule has 1 aromatic rings. The summed E-state index contributed by atoms with van der Waals surface area (Å²) >= 11 is 0. The highest BCUT2D eigenvalue weighted by Gasteiger charge is 2.41. The number of hydrogen-bond donors (Lipinski definition) is 1. The number of nitrogens with zero attached hydrogens (tertiary/aromatic N) is 3. The maximum atomic E-state index is 12.6. The Morgan fingerprint density at radius 1 is 1.43 bits per heavy atom. The third-order valence-electron chi connectivity index (χ3n) is 4.73. The van der Waals surface area contributed by atoms with Gasteiger partial charge in [0, 0.05) is 30.9 Å². The molecule has 0 spiro atoms. The first-order valence-electron chi connectivity index (χ1n) is 7.81. The van der Waals surface area contributed by atoms with Crippen LogP contribution < -0.4 is 0 Å². The fourth-order valence-electron chi connectivity index (χ4n) is 3.36. The van der Waals surface area contributed by atoms with Crippen molar-refractivity contribution < 1.29 is 9.90 Å². The van der Waals surface area contributed by atoms with E-state index in [-0.39, 0.29) is 17.9 Å². The summed E-state index contributed by atoms with van der Waals surface area (Å²) in [6, 6.07) is 0. The molecule has 0 bridgehead atoms. The Hall–Kier alpha value is -1.49. The van der Waals surface area contributed by atoms with Gasteiger partial charge in [0.2, 0.25) is 0 Å². The zero-order chi connectivity index (χ0) is 14.9. The SMILES string of the molecule is Cc1ncc(C(=O)N2CCCC(CO)(CC3CC3)C2)cn1. The molecule has 0 aromatic carbocycles. The van der Waals surface area contributed by atoms with Gasteiger partial charge >= 0.3 is 0 Å². The zero-order valence-electron chi connectivity index (χ0n) is 12.6. The molecule has 1 unspecified atom stereocenters. The van der Waals surface area contributed by atoms with Crippen molar-refractivity contribution >= 4 is 5.91 Å². The van der Waals surface area contributed by atoms with Gasteiger partial charge < -0.3 is 10.0 Å². The third-order valence-corrected chi connectivity index (χ3v) is 4.73. The molecule has 1 amide bonds. The van der Waals surface area contributed by atoms with Crippen LogP contribution in [0.1, 0.15) is 48.3 Å². The lowest BCUT2D eigenvalue weighted by molar-refractivity contribution is 0.0196. The average Bonchev–Trinajstić information content (AvgIpc) is 3.31. The second kappa shape index (κ2) is 5.72. The number of aryl methyl sites for hydroxylation is 1. The van der Waals surface area contributed by atoms with Crippen LogP contribution in [0.4, 0.5) is 0 Å². The van der Waals surface area contributed by atoms with Gasteiger partial charge in [-0.05, 0) is 32.1 Å². The van der Waals surface area contributed by atoms with E-state index >= 15 is 0 Å². The van der Waals surface area contributed by atoms with Gasteiger partial charge in [-0.3, -0.25) is 4.79 Å². The lowest BCUT2D eigenvalue weighted by atomic mass is 9.76. The Morgan fingerprint density at radius 3 is 2.76 bits per heavy atom. The number of piperidine rings is 1. The Labute approximate surface area is 125 Å². The van der Waals surface area contributed by atoms with Crippen molar-refractivity contribution in [1.29, 1.82) is 0 Å². The van der Waals surface area contributed by atoms with Crippen LogP contribution in [0.3, 0.4) is 0 Å². The number of rotatable bonds is 4. The topological polar surface area (TPSA) is 66.3 Å². The van der Waals surface area contributed by atoms with Crippen LogP contribution in [0.25, 0.3) is 0 Å². The zero-order valence-corrected chi connectivity index (χ0v) is 12.6. The summed E-state index contributed by atoms with van der Waals surface area (Å²) in [5.74, 6) is 1.42. The van der Waals surface area contributed by atoms with E-state index in [4.69, 9.17) is 0 Å². The van der Waals surface area contributed by atoms with Gasteiger partial charge in [-0.15, -0.1) is 0 Å². The third kappa shape index (κ3) is 3.23. The summed E-state index contributed by atoms with van der Waals surface area (Å²) in [7, 11) is 0. The molecule has 5 heteroatoms. The summed E-state index contributed by atoms with van der Waals surface area (Å²) in [5, 5.41) is 9.86. The molecule has 1 saturated carbocycles. The van der Waals surface area contributed by atoms with Crippen LogP contribution in [0.2, 0.25) is 0 Å². The quantitative estimate of drug-likeness (QED) is 0.918. The molecule has 0 radical (unpaired) electrons. The molecule has 2 fully saturated rings. The largest absolute Gasteiger partial charge is 0.396 e. The second-order valence-electron chi connectivity index (χ2n) is 6.65. The van der Waals surface area contributed by atoms with Crippen molar-refractivity contribution in [2.24, 2.45) is 11.3 Å². The van der Waals surface area contributed by atoms with Crippen LogP contribution in [-0.2, 0) is 0 Å². The highest BCUT2D eigenvalue weighted by atomic mass is 16.3. The predicted molar refractivity (Wildman–Crippen MR) is 78.8 cm³/mol. The Kier molecular flexibility index (Phi) is 3.93. The van der Waals surface area contributed by atoms with Crippen LogP contribution in [0, 0.1) is 18.3 Å². The van der Waals surface area contributed by atoms with E-state index in [1.165, 1.54) is 12.8 Å². The Balaban J connectivity index is 1.72. The summed E-state index contributed by atoms with van der Waals surface area (Å²) in [6.07, 6.45) is 8.79. The number of amides is 1. The highest BCUT2D eigenvalue weighted by molar-refractivity contribution is 5.93. The van der Waals surface area contributed by atoms with E-state index in [0.717, 1.165) is 31.7 Å². The summed E-state index contributed by atoms with van der Waals surface area (Å²) in [4.78, 5) is 22.7. The molecule has 2 heterocycles. The van der Waals surface area contributed by atoms with Crippen LogP contribution in [-0.4, -0.2) is 45.6 Å². The van der Waals surface area contributed by atoms with E-state index in [2.05, 4.69) is 9.97 Å². The molecule has 1 aliphatic carbocycles. The number of aliphatic hydroxyl groups excluding tert-OH is 1. The number of aromatic nitrogens is 2. The number of likely N-dealkylation sites (tertiary alicyclic amines) is 1. The molecule has 1 aromatic heterocycles. The van der Waals surface area contributed by atoms with Crippen LogP contribution >= 0.6 is 0 Å². The first-order valence-corrected chi connectivity index (χ1v) is 7.81. The van der Waals surface area contributed by atoms with Crippen molar-refractivity contribution in [3.63, 3.8) is 0 Å². The van der Waals surface area contributed by atoms with E-state index in [0.29, 0.717) is 17.9 Å². The van der Waals surface area contributed by atoms with Crippen molar-refractivity contribution in [3.8, 4) is 0 Å². The van der Waals surface area contributed by atoms with E-state index in [1.807, 2.05) is 11.8 Å². The molecule has 114 valence electrons. The molecule has 1 atom stereocenters.